The second-order valence-electron chi connectivity index (χ2n) is 2.92. The molecule has 14 heavy (non-hydrogen) atoms. The van der Waals surface area contributed by atoms with Crippen molar-refractivity contribution in [3.8, 4) is 5.88 Å². The first-order chi connectivity index (χ1) is 6.79. The Morgan fingerprint density at radius 2 is 2.29 bits per heavy atom. The summed E-state index contributed by atoms with van der Waals surface area (Å²) in [7, 11) is 1.57. The third kappa shape index (κ3) is 2.56. The second kappa shape index (κ2) is 5.39. The van der Waals surface area contributed by atoms with Gasteiger partial charge >= 0.3 is 0 Å². The zero-order valence-electron chi connectivity index (χ0n) is 8.58. The van der Waals surface area contributed by atoms with E-state index in [0.29, 0.717) is 18.2 Å². The van der Waals surface area contributed by atoms with Crippen LogP contribution in [0.5, 0.6) is 5.88 Å². The molecular weight excluding hydrogens is 180 g/mol. The largest absolute Gasteiger partial charge is 0.481 e. The van der Waals surface area contributed by atoms with Crippen molar-refractivity contribution < 1.29 is 4.74 Å². The van der Waals surface area contributed by atoms with Gasteiger partial charge in [-0.1, -0.05) is 6.92 Å². The Hall–Kier alpha value is -1.36. The van der Waals surface area contributed by atoms with E-state index in [2.05, 4.69) is 22.2 Å². The number of anilines is 1. The predicted octanol–water partition coefficient (Wildman–Crippen LogP) is 0.567. The highest BCUT2D eigenvalue weighted by atomic mass is 16.5. The Morgan fingerprint density at radius 3 is 2.93 bits per heavy atom. The number of nitrogens with zero attached hydrogens (tertiary/aromatic N) is 2. The molecule has 78 valence electrons. The minimum Gasteiger partial charge on any atom is -0.481 e. The fraction of sp³-hybridized carbons (Fsp3) is 0.556. The van der Waals surface area contributed by atoms with E-state index in [0.717, 1.165) is 18.5 Å². The van der Waals surface area contributed by atoms with Gasteiger partial charge in [0.25, 0.3) is 0 Å². The summed E-state index contributed by atoms with van der Waals surface area (Å²) in [6, 6.07) is 0. The predicted molar refractivity (Wildman–Crippen MR) is 55.0 cm³/mol. The number of hydrogen-bond acceptors (Lipinski definition) is 5. The number of ether oxygens (including phenoxy) is 1. The van der Waals surface area contributed by atoms with Crippen molar-refractivity contribution in [2.75, 3.05) is 19.4 Å². The van der Waals surface area contributed by atoms with Crippen LogP contribution in [-0.4, -0.2) is 23.6 Å². The molecule has 0 unspecified atom stereocenters. The molecule has 0 aliphatic heterocycles. The van der Waals surface area contributed by atoms with Gasteiger partial charge in [0.15, 0.2) is 0 Å². The third-order valence-corrected chi connectivity index (χ3v) is 1.86. The lowest BCUT2D eigenvalue weighted by Crippen LogP contribution is -2.16. The summed E-state index contributed by atoms with van der Waals surface area (Å²) >= 11 is 0. The van der Waals surface area contributed by atoms with Gasteiger partial charge in [-0.25, -0.2) is 9.97 Å². The maximum atomic E-state index is 5.71. The number of rotatable bonds is 5. The molecule has 0 aliphatic carbocycles. The number of nitrogens with two attached hydrogens (primary N) is 1. The number of nitrogen functional groups attached to an aromatic ring is 1. The van der Waals surface area contributed by atoms with Crippen molar-refractivity contribution in [3.63, 3.8) is 0 Å². The summed E-state index contributed by atoms with van der Waals surface area (Å²) in [6.07, 6.45) is 2.48. The molecule has 0 aromatic carbocycles. The summed E-state index contributed by atoms with van der Waals surface area (Å²) < 4.78 is 5.09. The molecule has 0 radical (unpaired) electrons. The lowest BCUT2D eigenvalue weighted by atomic mass is 10.3. The van der Waals surface area contributed by atoms with Gasteiger partial charge in [0, 0.05) is 6.54 Å². The zero-order chi connectivity index (χ0) is 10.4. The molecule has 5 nitrogen and oxygen atoms in total. The second-order valence-corrected chi connectivity index (χ2v) is 2.92. The van der Waals surface area contributed by atoms with Gasteiger partial charge in [0.1, 0.15) is 12.1 Å². The summed E-state index contributed by atoms with van der Waals surface area (Å²) in [5.74, 6) is 1.02. The Morgan fingerprint density at radius 1 is 1.50 bits per heavy atom. The van der Waals surface area contributed by atoms with Gasteiger partial charge in [-0.2, -0.15) is 0 Å². The maximum Gasteiger partial charge on any atom is 0.222 e. The van der Waals surface area contributed by atoms with E-state index >= 15 is 0 Å². The van der Waals surface area contributed by atoms with Crippen molar-refractivity contribution in [2.45, 2.75) is 19.9 Å². The van der Waals surface area contributed by atoms with Crippen LogP contribution in [0.3, 0.4) is 0 Å². The van der Waals surface area contributed by atoms with Gasteiger partial charge in [0.05, 0.1) is 12.7 Å². The lowest BCUT2D eigenvalue weighted by Gasteiger charge is -2.09. The Bertz CT molecular complexity index is 290. The Labute approximate surface area is 83.7 Å². The van der Waals surface area contributed by atoms with Crippen LogP contribution >= 0.6 is 0 Å². The monoisotopic (exact) mass is 196 g/mol. The molecule has 3 N–H and O–H groups in total. The van der Waals surface area contributed by atoms with Crippen LogP contribution in [-0.2, 0) is 6.54 Å². The van der Waals surface area contributed by atoms with E-state index in [-0.39, 0.29) is 0 Å². The van der Waals surface area contributed by atoms with E-state index in [1.165, 1.54) is 6.33 Å². The van der Waals surface area contributed by atoms with E-state index in [1.54, 1.807) is 7.11 Å². The van der Waals surface area contributed by atoms with Crippen LogP contribution in [0.25, 0.3) is 0 Å². The van der Waals surface area contributed by atoms with Crippen molar-refractivity contribution in [1.29, 1.82) is 0 Å². The first-order valence-electron chi connectivity index (χ1n) is 4.63. The molecule has 1 heterocycles. The lowest BCUT2D eigenvalue weighted by molar-refractivity contribution is 0.390. The molecule has 1 aromatic rings. The highest BCUT2D eigenvalue weighted by Gasteiger charge is 2.08. The third-order valence-electron chi connectivity index (χ3n) is 1.86. The normalized spacial score (nSPS) is 10.1. The minimum atomic E-state index is 0.473. The van der Waals surface area contributed by atoms with E-state index in [4.69, 9.17) is 10.5 Å². The topological polar surface area (TPSA) is 73.1 Å². The molecule has 0 saturated carbocycles. The smallest absolute Gasteiger partial charge is 0.222 e. The molecule has 0 fully saturated rings. The van der Waals surface area contributed by atoms with Gasteiger partial charge in [-0.3, -0.25) is 0 Å². The molecule has 0 bridgehead atoms. The van der Waals surface area contributed by atoms with Crippen molar-refractivity contribution in [1.82, 2.24) is 15.3 Å². The summed E-state index contributed by atoms with van der Waals surface area (Å²) in [5.41, 5.74) is 6.53. The van der Waals surface area contributed by atoms with Crippen LogP contribution in [0.4, 0.5) is 5.82 Å². The van der Waals surface area contributed by atoms with Crippen LogP contribution in [0.15, 0.2) is 6.33 Å². The molecular formula is C9H16N4O. The van der Waals surface area contributed by atoms with Crippen LogP contribution in [0.1, 0.15) is 18.9 Å². The quantitative estimate of drug-likeness (QED) is 0.673. The Kier molecular flexibility index (Phi) is 4.12. The first-order valence-corrected chi connectivity index (χ1v) is 4.63. The molecule has 1 rings (SSSR count). The number of hydrogen-bond donors (Lipinski definition) is 2. The highest BCUT2D eigenvalue weighted by molar-refractivity contribution is 5.44. The van der Waals surface area contributed by atoms with Crippen LogP contribution in [0.2, 0.25) is 0 Å². The van der Waals surface area contributed by atoms with Crippen molar-refractivity contribution in [3.05, 3.63) is 11.9 Å². The molecule has 0 saturated heterocycles. The van der Waals surface area contributed by atoms with Crippen molar-refractivity contribution in [2.24, 2.45) is 0 Å². The summed E-state index contributed by atoms with van der Waals surface area (Å²) in [5, 5.41) is 3.23. The SMILES string of the molecule is CCCNCc1c(N)ncnc1OC. The molecule has 1 aromatic heterocycles. The fourth-order valence-electron chi connectivity index (χ4n) is 1.14. The van der Waals surface area contributed by atoms with Crippen LogP contribution < -0.4 is 15.8 Å². The van der Waals surface area contributed by atoms with Crippen LogP contribution in [0, 0.1) is 0 Å². The molecule has 0 spiro atoms. The minimum absolute atomic E-state index is 0.473. The average molecular weight is 196 g/mol. The summed E-state index contributed by atoms with van der Waals surface area (Å²) in [4.78, 5) is 7.90. The molecule has 5 heteroatoms. The van der Waals surface area contributed by atoms with Crippen molar-refractivity contribution >= 4 is 5.82 Å². The Balaban J connectivity index is 2.72. The fourth-order valence-corrected chi connectivity index (χ4v) is 1.14. The number of aromatic nitrogens is 2. The number of methoxy groups -OCH3 is 1. The zero-order valence-corrected chi connectivity index (χ0v) is 8.58. The maximum absolute atomic E-state index is 5.71. The standard InChI is InChI=1S/C9H16N4O/c1-3-4-11-5-7-8(10)12-6-13-9(7)14-2/h6,11H,3-5H2,1-2H3,(H2,10,12,13). The average Bonchev–Trinajstić information content (AvgIpc) is 2.20. The van der Waals surface area contributed by atoms with Gasteiger partial charge in [-0.05, 0) is 13.0 Å². The van der Waals surface area contributed by atoms with Gasteiger partial charge in [0.2, 0.25) is 5.88 Å². The van der Waals surface area contributed by atoms with E-state index in [1.807, 2.05) is 0 Å². The van der Waals surface area contributed by atoms with E-state index < -0.39 is 0 Å². The first kappa shape index (κ1) is 10.7. The highest BCUT2D eigenvalue weighted by Crippen LogP contribution is 2.18. The number of nitrogens with one attached hydrogen (secondary N) is 1. The molecule has 0 amide bonds. The van der Waals surface area contributed by atoms with Gasteiger partial charge in [-0.15, -0.1) is 0 Å². The van der Waals surface area contributed by atoms with E-state index in [9.17, 15) is 0 Å². The summed E-state index contributed by atoms with van der Waals surface area (Å²) in [6.45, 7) is 3.69. The van der Waals surface area contributed by atoms with Gasteiger partial charge < -0.3 is 15.8 Å². The molecule has 0 atom stereocenters. The molecule has 0 aliphatic rings.